The summed E-state index contributed by atoms with van der Waals surface area (Å²) in [7, 11) is -2.99. The molecule has 1 aliphatic carbocycles. The number of rotatable bonds is 0. The molecule has 4 heteroatoms. The molecule has 0 aromatic heterocycles. The molecule has 1 heterocycles. The van der Waals surface area contributed by atoms with E-state index in [2.05, 4.69) is 0 Å². The molecule has 0 spiro atoms. The molecule has 82 valence electrons. The number of sulfonamides is 1. The smallest absolute Gasteiger partial charge is 0.212 e. The first-order valence-electron chi connectivity index (χ1n) is 5.37. The van der Waals surface area contributed by atoms with Gasteiger partial charge in [0.1, 0.15) is 0 Å². The topological polar surface area (TPSA) is 37.4 Å². The monoisotopic (exact) mass is 217 g/mol. The van der Waals surface area contributed by atoms with Gasteiger partial charge >= 0.3 is 0 Å². The molecule has 0 amide bonds. The van der Waals surface area contributed by atoms with Crippen LogP contribution >= 0.6 is 0 Å². The van der Waals surface area contributed by atoms with E-state index in [4.69, 9.17) is 0 Å². The number of nitrogens with zero attached hydrogens (tertiary/aromatic N) is 1. The molecule has 0 N–H and O–H groups in total. The zero-order chi connectivity index (χ0) is 10.6. The lowest BCUT2D eigenvalue weighted by Gasteiger charge is -2.34. The summed E-state index contributed by atoms with van der Waals surface area (Å²) in [4.78, 5) is 0. The van der Waals surface area contributed by atoms with Gasteiger partial charge in [0.2, 0.25) is 10.0 Å². The van der Waals surface area contributed by atoms with Crippen LogP contribution in [0.5, 0.6) is 0 Å². The Kier molecular flexibility index (Phi) is 2.20. The summed E-state index contributed by atoms with van der Waals surface area (Å²) < 4.78 is 26.1. The van der Waals surface area contributed by atoms with Crippen molar-refractivity contribution in [1.82, 2.24) is 4.31 Å². The van der Waals surface area contributed by atoms with Crippen LogP contribution in [-0.2, 0) is 10.0 Å². The van der Waals surface area contributed by atoms with Crippen molar-refractivity contribution in [1.29, 1.82) is 0 Å². The van der Waals surface area contributed by atoms with Crippen LogP contribution < -0.4 is 0 Å². The van der Waals surface area contributed by atoms with Crippen molar-refractivity contribution in [3.63, 3.8) is 0 Å². The quantitative estimate of drug-likeness (QED) is 0.620. The van der Waals surface area contributed by atoms with Gasteiger partial charge in [-0.05, 0) is 40.0 Å². The summed E-state index contributed by atoms with van der Waals surface area (Å²) in [6.07, 6.45) is 3.85. The van der Waals surface area contributed by atoms with Crippen molar-refractivity contribution in [2.24, 2.45) is 0 Å². The standard InChI is InChI=1S/C10H19NO2S/c1-10(2,3)11-8-5-4-6-9(7-8)14(11,12)13/h8-9H,4-7H2,1-3H3. The van der Waals surface area contributed by atoms with E-state index in [9.17, 15) is 8.42 Å². The maximum absolute atomic E-state index is 12.1. The number of fused-ring (bicyclic) bond motifs is 2. The average Bonchev–Trinajstić information content (AvgIpc) is 2.17. The first-order valence-corrected chi connectivity index (χ1v) is 6.87. The highest BCUT2D eigenvalue weighted by atomic mass is 32.2. The predicted octanol–water partition coefficient (Wildman–Crippen LogP) is 1.74. The molecule has 0 radical (unpaired) electrons. The van der Waals surface area contributed by atoms with Crippen LogP contribution in [0.4, 0.5) is 0 Å². The maximum Gasteiger partial charge on any atom is 0.217 e. The molecular formula is C10H19NO2S. The van der Waals surface area contributed by atoms with Crippen LogP contribution in [-0.4, -0.2) is 29.6 Å². The van der Waals surface area contributed by atoms with Gasteiger partial charge in [0, 0.05) is 11.6 Å². The molecule has 0 aromatic carbocycles. The van der Waals surface area contributed by atoms with Crippen molar-refractivity contribution in [2.75, 3.05) is 0 Å². The Bertz CT molecular complexity index is 329. The van der Waals surface area contributed by atoms with Crippen LogP contribution in [0.15, 0.2) is 0 Å². The Labute approximate surface area is 86.5 Å². The van der Waals surface area contributed by atoms with Crippen LogP contribution in [0.1, 0.15) is 46.5 Å². The predicted molar refractivity (Wildman–Crippen MR) is 56.6 cm³/mol. The van der Waals surface area contributed by atoms with Gasteiger partial charge in [0.25, 0.3) is 0 Å². The summed E-state index contributed by atoms with van der Waals surface area (Å²) in [6, 6.07) is 0.277. The Morgan fingerprint density at radius 3 is 2.36 bits per heavy atom. The first kappa shape index (κ1) is 10.4. The van der Waals surface area contributed by atoms with Crippen molar-refractivity contribution in [2.45, 2.75) is 63.3 Å². The van der Waals surface area contributed by atoms with Crippen LogP contribution in [0.3, 0.4) is 0 Å². The van der Waals surface area contributed by atoms with Crippen molar-refractivity contribution >= 4 is 10.0 Å². The van der Waals surface area contributed by atoms with Gasteiger partial charge in [0.05, 0.1) is 5.25 Å². The van der Waals surface area contributed by atoms with E-state index < -0.39 is 10.0 Å². The highest BCUT2D eigenvalue weighted by Gasteiger charge is 2.51. The van der Waals surface area contributed by atoms with E-state index >= 15 is 0 Å². The average molecular weight is 217 g/mol. The minimum absolute atomic E-state index is 0.0829. The van der Waals surface area contributed by atoms with Gasteiger partial charge in [-0.2, -0.15) is 4.31 Å². The second-order valence-corrected chi connectivity index (χ2v) is 7.54. The minimum Gasteiger partial charge on any atom is -0.212 e. The fraction of sp³-hybridized carbons (Fsp3) is 1.00. The molecule has 2 fully saturated rings. The molecule has 1 saturated heterocycles. The largest absolute Gasteiger partial charge is 0.217 e. The maximum atomic E-state index is 12.1. The summed E-state index contributed by atoms with van der Waals surface area (Å²) in [6.45, 7) is 5.97. The molecule has 1 saturated carbocycles. The molecule has 2 unspecified atom stereocenters. The second-order valence-electron chi connectivity index (χ2n) is 5.45. The molecule has 3 nitrogen and oxygen atoms in total. The Hall–Kier alpha value is -0.0900. The van der Waals surface area contributed by atoms with Crippen LogP contribution in [0, 0.1) is 0 Å². The summed E-state index contributed by atoms with van der Waals surface area (Å²) in [5, 5.41) is -0.0829. The summed E-state index contributed by atoms with van der Waals surface area (Å²) >= 11 is 0. The van der Waals surface area contributed by atoms with E-state index in [1.165, 1.54) is 0 Å². The lowest BCUT2D eigenvalue weighted by Crippen LogP contribution is -2.46. The van der Waals surface area contributed by atoms with E-state index in [1.807, 2.05) is 20.8 Å². The molecule has 2 bridgehead atoms. The molecular weight excluding hydrogens is 198 g/mol. The lowest BCUT2D eigenvalue weighted by atomic mass is 9.93. The van der Waals surface area contributed by atoms with Gasteiger partial charge in [-0.1, -0.05) is 6.42 Å². The molecule has 2 rings (SSSR count). The fourth-order valence-electron chi connectivity index (χ4n) is 2.90. The lowest BCUT2D eigenvalue weighted by molar-refractivity contribution is 0.188. The second kappa shape index (κ2) is 2.95. The molecule has 2 atom stereocenters. The van der Waals surface area contributed by atoms with E-state index in [1.54, 1.807) is 4.31 Å². The molecule has 0 aromatic rings. The molecule has 14 heavy (non-hydrogen) atoms. The van der Waals surface area contributed by atoms with Crippen molar-refractivity contribution in [3.8, 4) is 0 Å². The highest BCUT2D eigenvalue weighted by molar-refractivity contribution is 7.90. The van der Waals surface area contributed by atoms with Gasteiger partial charge in [-0.25, -0.2) is 8.42 Å². The normalized spacial score (nSPS) is 37.4. The summed E-state index contributed by atoms with van der Waals surface area (Å²) in [5.74, 6) is 0. The van der Waals surface area contributed by atoms with E-state index in [0.29, 0.717) is 0 Å². The highest BCUT2D eigenvalue weighted by Crippen LogP contribution is 2.42. The molecule has 1 aliphatic heterocycles. The van der Waals surface area contributed by atoms with Crippen LogP contribution in [0.2, 0.25) is 0 Å². The molecule has 2 aliphatic rings. The van der Waals surface area contributed by atoms with Crippen molar-refractivity contribution < 1.29 is 8.42 Å². The third-order valence-electron chi connectivity index (χ3n) is 3.29. The van der Waals surface area contributed by atoms with Gasteiger partial charge in [-0.3, -0.25) is 0 Å². The van der Waals surface area contributed by atoms with E-state index in [0.717, 1.165) is 25.7 Å². The number of hydrogen-bond donors (Lipinski definition) is 0. The Balaban J connectivity index is 2.41. The Morgan fingerprint density at radius 2 is 1.86 bits per heavy atom. The van der Waals surface area contributed by atoms with Crippen LogP contribution in [0.25, 0.3) is 0 Å². The zero-order valence-electron chi connectivity index (χ0n) is 9.16. The Morgan fingerprint density at radius 1 is 1.21 bits per heavy atom. The van der Waals surface area contributed by atoms with Crippen molar-refractivity contribution in [3.05, 3.63) is 0 Å². The van der Waals surface area contributed by atoms with E-state index in [-0.39, 0.29) is 16.8 Å². The SMILES string of the molecule is CC(C)(C)N1C2CCCC(C2)S1(=O)=O. The minimum atomic E-state index is -2.99. The first-order chi connectivity index (χ1) is 6.33. The van der Waals surface area contributed by atoms with Gasteiger partial charge in [0.15, 0.2) is 0 Å². The fourth-order valence-corrected chi connectivity index (χ4v) is 5.52. The summed E-state index contributed by atoms with van der Waals surface area (Å²) in [5.41, 5.74) is -0.247. The van der Waals surface area contributed by atoms with Gasteiger partial charge in [-0.15, -0.1) is 0 Å². The number of hydrogen-bond acceptors (Lipinski definition) is 2. The third kappa shape index (κ3) is 1.39. The van der Waals surface area contributed by atoms with Gasteiger partial charge < -0.3 is 0 Å². The zero-order valence-corrected chi connectivity index (χ0v) is 9.97. The third-order valence-corrected chi connectivity index (χ3v) is 5.95.